The number of aryl methyl sites for hydroxylation is 2. The van der Waals surface area contributed by atoms with Gasteiger partial charge in [-0.2, -0.15) is 0 Å². The third kappa shape index (κ3) is 2.70. The van der Waals surface area contributed by atoms with Crippen molar-refractivity contribution >= 4 is 37.6 Å². The Morgan fingerprint density at radius 1 is 1.00 bits per heavy atom. The van der Waals surface area contributed by atoms with Crippen LogP contribution in [0.4, 0.5) is 0 Å². The van der Waals surface area contributed by atoms with Crippen molar-refractivity contribution in [3.8, 4) is 17.0 Å². The Morgan fingerprint density at radius 2 is 1.81 bits per heavy atom. The van der Waals surface area contributed by atoms with Crippen LogP contribution in [0.3, 0.4) is 0 Å². The lowest BCUT2D eigenvalue weighted by Crippen LogP contribution is -1.97. The molecule has 0 spiro atoms. The van der Waals surface area contributed by atoms with E-state index in [0.717, 1.165) is 38.4 Å². The molecular weight excluding hydrogens is 390 g/mol. The van der Waals surface area contributed by atoms with Crippen molar-refractivity contribution < 1.29 is 10.2 Å². The van der Waals surface area contributed by atoms with Crippen LogP contribution in [0.2, 0.25) is 0 Å². The monoisotopic (exact) mass is 409 g/mol. The second kappa shape index (κ2) is 6.78. The summed E-state index contributed by atoms with van der Waals surface area (Å²) in [7, 11) is 2.04. The first-order valence-electron chi connectivity index (χ1n) is 8.70. The molecule has 0 radical (unpaired) electrons. The van der Waals surface area contributed by atoms with Gasteiger partial charge in [0.05, 0.1) is 5.69 Å². The van der Waals surface area contributed by atoms with E-state index in [1.54, 1.807) is 6.07 Å². The highest BCUT2D eigenvalue weighted by molar-refractivity contribution is 9.10. The van der Waals surface area contributed by atoms with Crippen molar-refractivity contribution in [1.29, 1.82) is 0 Å². The second-order valence-corrected chi connectivity index (χ2v) is 7.47. The number of benzene rings is 3. The third-order valence-electron chi connectivity index (χ3n) is 4.99. The minimum absolute atomic E-state index is 0.150. The molecular formula is C22H20BrNO2. The third-order valence-corrected chi connectivity index (χ3v) is 5.49. The zero-order valence-corrected chi connectivity index (χ0v) is 16.1. The van der Waals surface area contributed by atoms with Gasteiger partial charge in [0, 0.05) is 34.6 Å². The van der Waals surface area contributed by atoms with Crippen LogP contribution in [0.5, 0.6) is 5.75 Å². The van der Waals surface area contributed by atoms with Gasteiger partial charge in [-0.25, -0.2) is 0 Å². The standard InChI is InChI=1S/C22H20BrNO2/c1-24-19-7-3-2-5-17(19)18(6-4-12-25)22(24)21-16-10-9-15(23)13-14(16)8-11-20(21)26/h2-3,5,7-11,13,25-26H,4,6,12H2,1H3. The summed E-state index contributed by atoms with van der Waals surface area (Å²) in [4.78, 5) is 0. The van der Waals surface area contributed by atoms with Crippen LogP contribution >= 0.6 is 15.9 Å². The number of aliphatic hydroxyl groups is 1. The fraction of sp³-hybridized carbons (Fsp3) is 0.182. The molecule has 0 aliphatic rings. The lowest BCUT2D eigenvalue weighted by Gasteiger charge is -2.14. The Labute approximate surface area is 160 Å². The molecule has 4 aromatic rings. The maximum atomic E-state index is 10.8. The number of phenols is 1. The smallest absolute Gasteiger partial charge is 0.125 e. The first-order valence-corrected chi connectivity index (χ1v) is 9.50. The molecule has 1 aromatic heterocycles. The van der Waals surface area contributed by atoms with Crippen molar-refractivity contribution in [2.24, 2.45) is 7.05 Å². The van der Waals surface area contributed by atoms with Crippen LogP contribution < -0.4 is 0 Å². The molecule has 0 fully saturated rings. The number of rotatable bonds is 4. The van der Waals surface area contributed by atoms with E-state index >= 15 is 0 Å². The first-order chi connectivity index (χ1) is 12.6. The van der Waals surface area contributed by atoms with Crippen LogP contribution in [-0.2, 0) is 13.5 Å². The summed E-state index contributed by atoms with van der Waals surface area (Å²) < 4.78 is 3.16. The Hall–Kier alpha value is -2.30. The number of fused-ring (bicyclic) bond motifs is 2. The quantitative estimate of drug-likeness (QED) is 0.474. The van der Waals surface area contributed by atoms with Crippen LogP contribution in [0, 0.1) is 0 Å². The van der Waals surface area contributed by atoms with Crippen molar-refractivity contribution in [1.82, 2.24) is 4.57 Å². The van der Waals surface area contributed by atoms with Crippen LogP contribution in [0.25, 0.3) is 32.9 Å². The van der Waals surface area contributed by atoms with Crippen molar-refractivity contribution in [2.45, 2.75) is 12.8 Å². The molecule has 1 heterocycles. The van der Waals surface area contributed by atoms with Crippen LogP contribution in [0.15, 0.2) is 59.1 Å². The molecule has 0 unspecified atom stereocenters. The first kappa shape index (κ1) is 17.1. The van der Waals surface area contributed by atoms with Gasteiger partial charge in [-0.05, 0) is 53.4 Å². The molecule has 0 amide bonds. The van der Waals surface area contributed by atoms with Gasteiger partial charge < -0.3 is 14.8 Å². The second-order valence-electron chi connectivity index (χ2n) is 6.56. The van der Waals surface area contributed by atoms with Gasteiger partial charge in [0.25, 0.3) is 0 Å². The number of aliphatic hydroxyl groups excluding tert-OH is 1. The summed E-state index contributed by atoms with van der Waals surface area (Å²) >= 11 is 3.53. The number of aromatic nitrogens is 1. The average molecular weight is 410 g/mol. The summed E-state index contributed by atoms with van der Waals surface area (Å²) in [5.74, 6) is 0.274. The van der Waals surface area contributed by atoms with Gasteiger partial charge in [0.2, 0.25) is 0 Å². The van der Waals surface area contributed by atoms with Gasteiger partial charge in [0.1, 0.15) is 5.75 Å². The number of halogens is 1. The fourth-order valence-electron chi connectivity index (χ4n) is 3.84. The number of phenolic OH excluding ortho intramolecular Hbond substituents is 1. The average Bonchev–Trinajstić information content (AvgIpc) is 2.92. The van der Waals surface area contributed by atoms with E-state index in [4.69, 9.17) is 0 Å². The number of aromatic hydroxyl groups is 1. The Morgan fingerprint density at radius 3 is 2.62 bits per heavy atom. The van der Waals surface area contributed by atoms with Gasteiger partial charge in [0.15, 0.2) is 0 Å². The van der Waals surface area contributed by atoms with E-state index in [1.165, 1.54) is 10.9 Å². The molecule has 26 heavy (non-hydrogen) atoms. The minimum atomic E-state index is 0.150. The topological polar surface area (TPSA) is 45.4 Å². The lowest BCUT2D eigenvalue weighted by atomic mass is 9.96. The SMILES string of the molecule is Cn1c(-c2c(O)ccc3cc(Br)ccc23)c(CCCO)c2ccccc21. The van der Waals surface area contributed by atoms with Gasteiger partial charge in [-0.3, -0.25) is 0 Å². The molecule has 132 valence electrons. The molecule has 4 rings (SSSR count). The highest BCUT2D eigenvalue weighted by Gasteiger charge is 2.20. The summed E-state index contributed by atoms with van der Waals surface area (Å²) in [5, 5.41) is 23.4. The number of nitrogens with zero attached hydrogens (tertiary/aromatic N) is 1. The normalized spacial score (nSPS) is 11.5. The Balaban J connectivity index is 2.10. The van der Waals surface area contributed by atoms with Crippen molar-refractivity contribution in [3.05, 3.63) is 64.6 Å². The molecule has 3 aromatic carbocycles. The number of hydrogen-bond donors (Lipinski definition) is 2. The maximum absolute atomic E-state index is 10.8. The van der Waals surface area contributed by atoms with Crippen LogP contribution in [-0.4, -0.2) is 21.4 Å². The maximum Gasteiger partial charge on any atom is 0.125 e. The molecule has 0 atom stereocenters. The minimum Gasteiger partial charge on any atom is -0.507 e. The largest absolute Gasteiger partial charge is 0.507 e. The Kier molecular flexibility index (Phi) is 4.47. The molecule has 4 heteroatoms. The van der Waals surface area contributed by atoms with Gasteiger partial charge >= 0.3 is 0 Å². The molecule has 0 aliphatic carbocycles. The molecule has 0 saturated heterocycles. The Bertz CT molecular complexity index is 1110. The fourth-order valence-corrected chi connectivity index (χ4v) is 4.22. The lowest BCUT2D eigenvalue weighted by molar-refractivity contribution is 0.289. The summed E-state index contributed by atoms with van der Waals surface area (Å²) in [6.45, 7) is 0.150. The highest BCUT2D eigenvalue weighted by Crippen LogP contribution is 2.42. The summed E-state index contributed by atoms with van der Waals surface area (Å²) in [6, 6.07) is 18.1. The van der Waals surface area contributed by atoms with E-state index in [9.17, 15) is 10.2 Å². The van der Waals surface area contributed by atoms with Crippen molar-refractivity contribution in [3.63, 3.8) is 0 Å². The molecule has 2 N–H and O–H groups in total. The highest BCUT2D eigenvalue weighted by atomic mass is 79.9. The molecule has 0 bridgehead atoms. The predicted octanol–water partition coefficient (Wildman–Crippen LogP) is 5.39. The van der Waals surface area contributed by atoms with Crippen molar-refractivity contribution in [2.75, 3.05) is 6.61 Å². The number of para-hydroxylation sites is 1. The van der Waals surface area contributed by atoms with E-state index < -0.39 is 0 Å². The molecule has 0 aliphatic heterocycles. The molecule has 3 nitrogen and oxygen atoms in total. The summed E-state index contributed by atoms with van der Waals surface area (Å²) in [5.41, 5.74) is 4.17. The van der Waals surface area contributed by atoms with Gasteiger partial charge in [-0.15, -0.1) is 0 Å². The van der Waals surface area contributed by atoms with E-state index in [-0.39, 0.29) is 12.4 Å². The van der Waals surface area contributed by atoms with Crippen LogP contribution in [0.1, 0.15) is 12.0 Å². The number of hydrogen-bond acceptors (Lipinski definition) is 2. The summed E-state index contributed by atoms with van der Waals surface area (Å²) in [6.07, 6.45) is 1.46. The zero-order valence-electron chi connectivity index (χ0n) is 14.5. The van der Waals surface area contributed by atoms with Gasteiger partial charge in [-0.1, -0.05) is 46.3 Å². The predicted molar refractivity (Wildman–Crippen MR) is 111 cm³/mol. The van der Waals surface area contributed by atoms with E-state index in [2.05, 4.69) is 38.7 Å². The zero-order chi connectivity index (χ0) is 18.3. The molecule has 0 saturated carbocycles. The van der Waals surface area contributed by atoms with E-state index in [1.807, 2.05) is 37.4 Å². The van der Waals surface area contributed by atoms with E-state index in [0.29, 0.717) is 6.42 Å².